The van der Waals surface area contributed by atoms with Crippen LogP contribution in [0, 0.1) is 13.8 Å². The molecular formula is C20H18ClN5OS. The molecule has 8 heteroatoms. The summed E-state index contributed by atoms with van der Waals surface area (Å²) in [5.74, 6) is 0.628. The second kappa shape index (κ2) is 7.33. The number of fused-ring (bicyclic) bond motifs is 1. The number of anilines is 1. The maximum absolute atomic E-state index is 12.4. The summed E-state index contributed by atoms with van der Waals surface area (Å²) in [6.07, 6.45) is 5.40. The summed E-state index contributed by atoms with van der Waals surface area (Å²) in [7, 11) is 0. The molecule has 6 nitrogen and oxygen atoms in total. The maximum atomic E-state index is 12.4. The highest BCUT2D eigenvalue weighted by Gasteiger charge is 2.16. The van der Waals surface area contributed by atoms with E-state index in [1.807, 2.05) is 50.6 Å². The molecule has 4 rings (SSSR count). The third-order valence-electron chi connectivity index (χ3n) is 4.46. The highest BCUT2D eigenvalue weighted by Crippen LogP contribution is 2.35. The van der Waals surface area contributed by atoms with E-state index in [1.165, 1.54) is 18.0 Å². The Morgan fingerprint density at radius 2 is 2.04 bits per heavy atom. The van der Waals surface area contributed by atoms with Crippen LogP contribution in [0.1, 0.15) is 11.3 Å². The molecule has 0 amide bonds. The molecule has 0 fully saturated rings. The van der Waals surface area contributed by atoms with Gasteiger partial charge in [0.15, 0.2) is 11.2 Å². The highest BCUT2D eigenvalue weighted by atomic mass is 35.5. The largest absolute Gasteiger partial charge is 0.346 e. The number of rotatable bonds is 4. The number of H-pyrrole nitrogens is 1. The standard InChI is InChI=1S/C20H18ClN5OS/c1-11-8-13(9-16(21)18(11)25-28-3)14-10-15-17(27)4-6-22-19(15)23-20(14)26-7-5-12(2)24-26/h4-10,25H,1-3H3,(H,22,23,27). The zero-order chi connectivity index (χ0) is 19.8. The van der Waals surface area contributed by atoms with Crippen molar-refractivity contribution in [2.24, 2.45) is 0 Å². The molecule has 0 aliphatic carbocycles. The number of pyridine rings is 2. The van der Waals surface area contributed by atoms with Gasteiger partial charge in [-0.25, -0.2) is 9.67 Å². The zero-order valence-electron chi connectivity index (χ0n) is 15.6. The maximum Gasteiger partial charge on any atom is 0.191 e. The van der Waals surface area contributed by atoms with Gasteiger partial charge >= 0.3 is 0 Å². The lowest BCUT2D eigenvalue weighted by atomic mass is 10.0. The van der Waals surface area contributed by atoms with E-state index in [2.05, 4.69) is 14.8 Å². The quantitative estimate of drug-likeness (QED) is 0.474. The van der Waals surface area contributed by atoms with Crippen LogP contribution in [0.5, 0.6) is 0 Å². The van der Waals surface area contributed by atoms with Crippen LogP contribution in [0.15, 0.2) is 47.5 Å². The molecule has 0 saturated heterocycles. The van der Waals surface area contributed by atoms with Gasteiger partial charge in [-0.3, -0.25) is 4.79 Å². The summed E-state index contributed by atoms with van der Waals surface area (Å²) >= 11 is 8.01. The average molecular weight is 412 g/mol. The van der Waals surface area contributed by atoms with Gasteiger partial charge < -0.3 is 9.71 Å². The van der Waals surface area contributed by atoms with Crippen LogP contribution in [0.25, 0.3) is 28.0 Å². The molecule has 1 aromatic carbocycles. The molecule has 0 unspecified atom stereocenters. The Labute approximate surface area is 171 Å². The SMILES string of the molecule is CSNc1c(C)cc(-c2cc3c(=O)cc[nH]c3nc2-n2ccc(C)n2)cc1Cl. The predicted molar refractivity (Wildman–Crippen MR) is 117 cm³/mol. The van der Waals surface area contributed by atoms with E-state index in [0.717, 1.165) is 28.1 Å². The first-order chi connectivity index (χ1) is 13.5. The van der Waals surface area contributed by atoms with Crippen molar-refractivity contribution in [2.45, 2.75) is 13.8 Å². The first-order valence-electron chi connectivity index (χ1n) is 8.62. The molecular weight excluding hydrogens is 394 g/mol. The number of nitrogens with zero attached hydrogens (tertiary/aromatic N) is 3. The number of aromatic nitrogens is 4. The monoisotopic (exact) mass is 411 g/mol. The van der Waals surface area contributed by atoms with E-state index in [1.54, 1.807) is 10.9 Å². The molecule has 4 aromatic rings. The Morgan fingerprint density at radius 3 is 2.71 bits per heavy atom. The molecule has 0 aliphatic rings. The Bertz CT molecular complexity index is 1220. The number of hydrogen-bond acceptors (Lipinski definition) is 5. The van der Waals surface area contributed by atoms with E-state index in [0.29, 0.717) is 21.9 Å². The third kappa shape index (κ3) is 3.27. The Morgan fingerprint density at radius 1 is 1.21 bits per heavy atom. The number of nitrogens with one attached hydrogen (secondary N) is 2. The Kier molecular flexibility index (Phi) is 4.87. The number of benzene rings is 1. The van der Waals surface area contributed by atoms with E-state index in [4.69, 9.17) is 16.6 Å². The Hall–Kier alpha value is -2.77. The lowest BCUT2D eigenvalue weighted by Gasteiger charge is -2.15. The zero-order valence-corrected chi connectivity index (χ0v) is 17.1. The fourth-order valence-electron chi connectivity index (χ4n) is 3.14. The fraction of sp³-hybridized carbons (Fsp3) is 0.150. The van der Waals surface area contributed by atoms with E-state index >= 15 is 0 Å². The molecule has 0 bridgehead atoms. The molecule has 0 atom stereocenters. The van der Waals surface area contributed by atoms with Gasteiger partial charge in [-0.15, -0.1) is 0 Å². The minimum absolute atomic E-state index is 0.0887. The van der Waals surface area contributed by atoms with Crippen LogP contribution in [-0.4, -0.2) is 26.0 Å². The van der Waals surface area contributed by atoms with Crippen LogP contribution in [0.2, 0.25) is 5.02 Å². The van der Waals surface area contributed by atoms with Crippen LogP contribution >= 0.6 is 23.5 Å². The number of hydrogen-bond donors (Lipinski definition) is 2. The topological polar surface area (TPSA) is 75.6 Å². The van der Waals surface area contributed by atoms with Crippen LogP contribution in [0.3, 0.4) is 0 Å². The van der Waals surface area contributed by atoms with Crippen molar-refractivity contribution in [3.05, 3.63) is 69.2 Å². The summed E-state index contributed by atoms with van der Waals surface area (Å²) in [5.41, 5.74) is 4.84. The molecule has 28 heavy (non-hydrogen) atoms. The van der Waals surface area contributed by atoms with Crippen LogP contribution in [-0.2, 0) is 0 Å². The smallest absolute Gasteiger partial charge is 0.191 e. The van der Waals surface area contributed by atoms with E-state index < -0.39 is 0 Å². The minimum atomic E-state index is -0.0887. The predicted octanol–water partition coefficient (Wildman–Crippen LogP) is 4.74. The van der Waals surface area contributed by atoms with Gasteiger partial charge in [0, 0.05) is 30.3 Å². The fourth-order valence-corrected chi connectivity index (χ4v) is 3.98. The lowest BCUT2D eigenvalue weighted by molar-refractivity contribution is 0.837. The number of halogens is 1. The van der Waals surface area contributed by atoms with Crippen molar-refractivity contribution < 1.29 is 0 Å². The van der Waals surface area contributed by atoms with Crippen molar-refractivity contribution in [1.82, 2.24) is 19.7 Å². The molecule has 0 aliphatic heterocycles. The average Bonchev–Trinajstić information content (AvgIpc) is 3.10. The van der Waals surface area contributed by atoms with E-state index in [-0.39, 0.29) is 5.43 Å². The normalized spacial score (nSPS) is 11.1. The second-order valence-electron chi connectivity index (χ2n) is 6.46. The van der Waals surface area contributed by atoms with Gasteiger partial charge in [0.25, 0.3) is 0 Å². The van der Waals surface area contributed by atoms with Crippen molar-refractivity contribution in [3.8, 4) is 16.9 Å². The molecule has 3 heterocycles. The van der Waals surface area contributed by atoms with E-state index in [9.17, 15) is 4.79 Å². The Balaban J connectivity index is 2.02. The van der Waals surface area contributed by atoms with Gasteiger partial charge in [0.1, 0.15) is 5.65 Å². The van der Waals surface area contributed by atoms with Crippen molar-refractivity contribution >= 4 is 40.3 Å². The van der Waals surface area contributed by atoms with Crippen molar-refractivity contribution in [3.63, 3.8) is 0 Å². The van der Waals surface area contributed by atoms with Gasteiger partial charge in [-0.05, 0) is 49.2 Å². The van der Waals surface area contributed by atoms with Gasteiger partial charge in [0.2, 0.25) is 0 Å². The molecule has 3 aromatic heterocycles. The van der Waals surface area contributed by atoms with Gasteiger partial charge in [-0.2, -0.15) is 5.10 Å². The number of aryl methyl sites for hydroxylation is 2. The summed E-state index contributed by atoms with van der Waals surface area (Å²) in [5, 5.41) is 5.63. The summed E-state index contributed by atoms with van der Waals surface area (Å²) < 4.78 is 4.92. The number of aromatic amines is 1. The summed E-state index contributed by atoms with van der Waals surface area (Å²) in [6, 6.07) is 9.17. The van der Waals surface area contributed by atoms with Crippen LogP contribution < -0.4 is 10.2 Å². The van der Waals surface area contributed by atoms with Gasteiger partial charge in [0.05, 0.1) is 21.8 Å². The van der Waals surface area contributed by atoms with Gasteiger partial charge in [-0.1, -0.05) is 23.5 Å². The molecule has 142 valence electrons. The molecule has 0 saturated carbocycles. The summed E-state index contributed by atoms with van der Waals surface area (Å²) in [4.78, 5) is 20.1. The van der Waals surface area contributed by atoms with Crippen molar-refractivity contribution in [2.75, 3.05) is 11.0 Å². The minimum Gasteiger partial charge on any atom is -0.346 e. The lowest BCUT2D eigenvalue weighted by Crippen LogP contribution is -2.07. The van der Waals surface area contributed by atoms with Crippen molar-refractivity contribution in [1.29, 1.82) is 0 Å². The highest BCUT2D eigenvalue weighted by molar-refractivity contribution is 7.99. The molecule has 0 radical (unpaired) electrons. The second-order valence-corrected chi connectivity index (χ2v) is 7.48. The third-order valence-corrected chi connectivity index (χ3v) is 5.17. The first-order valence-corrected chi connectivity index (χ1v) is 10.2. The molecule has 0 spiro atoms. The summed E-state index contributed by atoms with van der Waals surface area (Å²) in [6.45, 7) is 3.91. The first kappa shape index (κ1) is 18.6. The van der Waals surface area contributed by atoms with Crippen LogP contribution in [0.4, 0.5) is 5.69 Å². The molecule has 2 N–H and O–H groups in total.